The summed E-state index contributed by atoms with van der Waals surface area (Å²) >= 11 is 0. The molecule has 0 spiro atoms. The van der Waals surface area contributed by atoms with Crippen LogP contribution >= 0.6 is 0 Å². The molecular weight excluding hydrogens is 369 g/mol. The highest BCUT2D eigenvalue weighted by Gasteiger charge is 2.28. The Labute approximate surface area is 158 Å². The number of rotatable bonds is 5. The topological polar surface area (TPSA) is 78.5 Å². The van der Waals surface area contributed by atoms with Crippen LogP contribution in [0.4, 0.5) is 10.1 Å². The summed E-state index contributed by atoms with van der Waals surface area (Å²) in [6.07, 6.45) is 1.56. The maximum absolute atomic E-state index is 12.9. The number of benzene rings is 2. The molecule has 0 bridgehead atoms. The minimum atomic E-state index is -3.59. The molecule has 0 unspecified atom stereocenters. The van der Waals surface area contributed by atoms with E-state index in [1.54, 1.807) is 19.2 Å². The van der Waals surface area contributed by atoms with Crippen LogP contribution in [0.2, 0.25) is 0 Å². The Morgan fingerprint density at radius 3 is 2.26 bits per heavy atom. The molecule has 0 aliphatic carbocycles. The number of nitrogens with one attached hydrogen (secondary N) is 2. The van der Waals surface area contributed by atoms with E-state index in [-0.39, 0.29) is 10.9 Å². The summed E-state index contributed by atoms with van der Waals surface area (Å²) in [5, 5.41) is 5.89. The molecule has 0 atom stereocenters. The second kappa shape index (κ2) is 8.16. The van der Waals surface area contributed by atoms with Gasteiger partial charge in [0.1, 0.15) is 5.82 Å². The monoisotopic (exact) mass is 391 g/mol. The number of halogens is 1. The van der Waals surface area contributed by atoms with Crippen LogP contribution in [0.25, 0.3) is 0 Å². The molecule has 144 valence electrons. The third-order valence-corrected chi connectivity index (χ3v) is 6.64. The summed E-state index contributed by atoms with van der Waals surface area (Å²) in [6, 6.07) is 11.2. The van der Waals surface area contributed by atoms with Crippen molar-refractivity contribution in [1.29, 1.82) is 0 Å². The zero-order valence-electron chi connectivity index (χ0n) is 15.0. The van der Waals surface area contributed by atoms with Crippen LogP contribution in [0.1, 0.15) is 23.2 Å². The average molecular weight is 391 g/mol. The first-order valence-corrected chi connectivity index (χ1v) is 10.2. The van der Waals surface area contributed by atoms with Crippen molar-refractivity contribution in [2.75, 3.05) is 25.5 Å². The zero-order valence-corrected chi connectivity index (χ0v) is 15.8. The number of anilines is 1. The molecule has 0 saturated carbocycles. The Balaban J connectivity index is 1.70. The molecule has 1 aliphatic heterocycles. The van der Waals surface area contributed by atoms with E-state index in [4.69, 9.17) is 0 Å². The average Bonchev–Trinajstić information content (AvgIpc) is 2.69. The minimum Gasteiger partial charge on any atom is -0.322 e. The van der Waals surface area contributed by atoms with Crippen LogP contribution in [-0.2, 0) is 10.0 Å². The standard InChI is InChI=1S/C19H22FN3O3S/c1-23(17-10-12-21-13-11-17)27(25,26)18-8-6-16(7-9-18)22-19(24)14-2-4-15(20)5-3-14/h2-9,17,21H,10-13H2,1H3,(H,22,24). The SMILES string of the molecule is CN(C1CCNCC1)S(=O)(=O)c1ccc(NC(=O)c2ccc(F)cc2)cc1. The maximum Gasteiger partial charge on any atom is 0.255 e. The highest BCUT2D eigenvalue weighted by Crippen LogP contribution is 2.22. The second-order valence-electron chi connectivity index (χ2n) is 6.49. The number of piperidine rings is 1. The van der Waals surface area contributed by atoms with Crippen LogP contribution < -0.4 is 10.6 Å². The van der Waals surface area contributed by atoms with Crippen LogP contribution in [0.3, 0.4) is 0 Å². The van der Waals surface area contributed by atoms with E-state index >= 15 is 0 Å². The lowest BCUT2D eigenvalue weighted by Gasteiger charge is -2.30. The van der Waals surface area contributed by atoms with Gasteiger partial charge in [-0.15, -0.1) is 0 Å². The van der Waals surface area contributed by atoms with Gasteiger partial charge in [0.05, 0.1) is 4.90 Å². The van der Waals surface area contributed by atoms with Crippen molar-refractivity contribution in [2.45, 2.75) is 23.8 Å². The van der Waals surface area contributed by atoms with E-state index in [9.17, 15) is 17.6 Å². The predicted molar refractivity (Wildman–Crippen MR) is 102 cm³/mol. The first-order valence-electron chi connectivity index (χ1n) is 8.73. The zero-order chi connectivity index (χ0) is 19.4. The fraction of sp³-hybridized carbons (Fsp3) is 0.316. The fourth-order valence-electron chi connectivity index (χ4n) is 3.05. The molecule has 1 heterocycles. The van der Waals surface area contributed by atoms with E-state index in [1.807, 2.05) is 0 Å². The summed E-state index contributed by atoms with van der Waals surface area (Å²) in [4.78, 5) is 12.3. The van der Waals surface area contributed by atoms with Crippen molar-refractivity contribution in [1.82, 2.24) is 9.62 Å². The van der Waals surface area contributed by atoms with Crippen LogP contribution in [-0.4, -0.2) is 44.8 Å². The van der Waals surface area contributed by atoms with Gasteiger partial charge in [0.25, 0.3) is 5.91 Å². The molecule has 1 fully saturated rings. The molecule has 1 amide bonds. The van der Waals surface area contributed by atoms with Crippen molar-refractivity contribution in [3.63, 3.8) is 0 Å². The fourth-order valence-corrected chi connectivity index (χ4v) is 4.46. The van der Waals surface area contributed by atoms with E-state index in [2.05, 4.69) is 10.6 Å². The van der Waals surface area contributed by atoms with E-state index in [0.717, 1.165) is 25.9 Å². The third kappa shape index (κ3) is 4.52. The molecule has 2 aromatic rings. The van der Waals surface area contributed by atoms with Crippen molar-refractivity contribution < 1.29 is 17.6 Å². The number of sulfonamides is 1. The van der Waals surface area contributed by atoms with E-state index in [1.165, 1.54) is 40.7 Å². The number of amides is 1. The molecule has 1 aliphatic rings. The summed E-state index contributed by atoms with van der Waals surface area (Å²) in [7, 11) is -1.98. The van der Waals surface area contributed by atoms with Gasteiger partial charge in [-0.3, -0.25) is 4.79 Å². The lowest BCUT2D eigenvalue weighted by molar-refractivity contribution is 0.102. The number of hydrogen-bond donors (Lipinski definition) is 2. The number of carbonyl (C=O) groups is 1. The largest absolute Gasteiger partial charge is 0.322 e. The van der Waals surface area contributed by atoms with Crippen molar-refractivity contribution in [2.24, 2.45) is 0 Å². The highest BCUT2D eigenvalue weighted by atomic mass is 32.2. The first kappa shape index (κ1) is 19.5. The lowest BCUT2D eigenvalue weighted by atomic mass is 10.1. The second-order valence-corrected chi connectivity index (χ2v) is 8.49. The van der Waals surface area contributed by atoms with Gasteiger partial charge in [0.2, 0.25) is 10.0 Å². The lowest BCUT2D eigenvalue weighted by Crippen LogP contribution is -2.43. The quantitative estimate of drug-likeness (QED) is 0.821. The molecule has 1 saturated heterocycles. The van der Waals surface area contributed by atoms with Crippen molar-refractivity contribution >= 4 is 21.6 Å². The Hall–Kier alpha value is -2.29. The summed E-state index contributed by atoms with van der Waals surface area (Å²) in [5.41, 5.74) is 0.784. The van der Waals surface area contributed by atoms with Gasteiger partial charge in [-0.1, -0.05) is 0 Å². The smallest absolute Gasteiger partial charge is 0.255 e. The maximum atomic E-state index is 12.9. The minimum absolute atomic E-state index is 0.0193. The van der Waals surface area contributed by atoms with Gasteiger partial charge in [-0.25, -0.2) is 12.8 Å². The molecule has 6 nitrogen and oxygen atoms in total. The molecule has 27 heavy (non-hydrogen) atoms. The Morgan fingerprint density at radius 2 is 1.67 bits per heavy atom. The van der Waals surface area contributed by atoms with Gasteiger partial charge >= 0.3 is 0 Å². The van der Waals surface area contributed by atoms with Crippen molar-refractivity contribution in [3.8, 4) is 0 Å². The predicted octanol–water partition coefficient (Wildman–Crippen LogP) is 2.45. The van der Waals surface area contributed by atoms with Crippen LogP contribution in [0.5, 0.6) is 0 Å². The Bertz CT molecular complexity index is 893. The first-order chi connectivity index (χ1) is 12.9. The van der Waals surface area contributed by atoms with Crippen molar-refractivity contribution in [3.05, 3.63) is 59.9 Å². The normalized spacial score (nSPS) is 15.7. The Kier molecular flexibility index (Phi) is 5.88. The molecule has 3 rings (SSSR count). The van der Waals surface area contributed by atoms with Gasteiger partial charge < -0.3 is 10.6 Å². The van der Waals surface area contributed by atoms with E-state index in [0.29, 0.717) is 11.3 Å². The summed E-state index contributed by atoms with van der Waals surface area (Å²) in [6.45, 7) is 1.61. The van der Waals surface area contributed by atoms with Crippen LogP contribution in [0.15, 0.2) is 53.4 Å². The molecule has 8 heteroatoms. The molecule has 0 radical (unpaired) electrons. The summed E-state index contributed by atoms with van der Waals surface area (Å²) in [5.74, 6) is -0.809. The molecular formula is C19H22FN3O3S. The number of carbonyl (C=O) groups excluding carboxylic acids is 1. The molecule has 2 aromatic carbocycles. The van der Waals surface area contributed by atoms with Gasteiger partial charge in [-0.05, 0) is 74.5 Å². The highest BCUT2D eigenvalue weighted by molar-refractivity contribution is 7.89. The van der Waals surface area contributed by atoms with Crippen LogP contribution in [0, 0.1) is 5.82 Å². The third-order valence-electron chi connectivity index (χ3n) is 4.72. The van der Waals surface area contributed by atoms with E-state index < -0.39 is 21.7 Å². The summed E-state index contributed by atoms with van der Waals surface area (Å²) < 4.78 is 40.0. The molecule has 2 N–H and O–H groups in total. The number of hydrogen-bond acceptors (Lipinski definition) is 4. The Morgan fingerprint density at radius 1 is 1.07 bits per heavy atom. The van der Waals surface area contributed by atoms with Gasteiger partial charge in [0.15, 0.2) is 0 Å². The molecule has 0 aromatic heterocycles. The van der Waals surface area contributed by atoms with Gasteiger partial charge in [0, 0.05) is 24.3 Å². The number of nitrogens with zero attached hydrogens (tertiary/aromatic N) is 1. The van der Waals surface area contributed by atoms with Gasteiger partial charge in [-0.2, -0.15) is 4.31 Å².